The van der Waals surface area contributed by atoms with E-state index in [2.05, 4.69) is 20.7 Å². The average molecular weight is 352 g/mol. The lowest BCUT2D eigenvalue weighted by molar-refractivity contribution is 0.453. The first kappa shape index (κ1) is 16.6. The summed E-state index contributed by atoms with van der Waals surface area (Å²) in [4.78, 5) is 0.103. The van der Waals surface area contributed by atoms with Gasteiger partial charge in [0.1, 0.15) is 5.82 Å². The summed E-state index contributed by atoms with van der Waals surface area (Å²) in [5, 5.41) is 0. The van der Waals surface area contributed by atoms with Crippen LogP contribution < -0.4 is 4.72 Å². The van der Waals surface area contributed by atoms with E-state index in [0.29, 0.717) is 11.1 Å². The number of sulfonamides is 1. The zero-order valence-corrected chi connectivity index (χ0v) is 14.1. The molecule has 0 aliphatic rings. The molecule has 6 heteroatoms. The Kier molecular flexibility index (Phi) is 4.80. The quantitative estimate of drug-likeness (QED) is 0.846. The molecule has 1 atom stereocenters. The van der Waals surface area contributed by atoms with Crippen molar-refractivity contribution in [3.05, 3.63) is 29.1 Å². The van der Waals surface area contributed by atoms with E-state index in [1.54, 1.807) is 27.7 Å². The molecule has 1 rings (SSSR count). The number of halogens is 2. The lowest BCUT2D eigenvalue weighted by atomic mass is 10.0. The summed E-state index contributed by atoms with van der Waals surface area (Å²) in [5.74, 6) is -0.429. The van der Waals surface area contributed by atoms with Gasteiger partial charge in [0.05, 0.1) is 4.90 Å². The number of alkyl halides is 1. The molecule has 0 spiro atoms. The van der Waals surface area contributed by atoms with Crippen molar-refractivity contribution in [3.63, 3.8) is 0 Å². The van der Waals surface area contributed by atoms with Gasteiger partial charge in [0, 0.05) is 10.4 Å². The Morgan fingerprint density at radius 2 is 1.68 bits per heavy atom. The minimum absolute atomic E-state index is 0.0455. The molecule has 0 saturated carbocycles. The van der Waals surface area contributed by atoms with E-state index in [9.17, 15) is 12.8 Å². The highest BCUT2D eigenvalue weighted by atomic mass is 79.9. The SMILES string of the molecule is Cc1cc(F)cc(C)c1S(=O)(=O)NC(C)(C)C(C)Br. The van der Waals surface area contributed by atoms with Crippen molar-refractivity contribution in [1.29, 1.82) is 0 Å². The lowest BCUT2D eigenvalue weighted by Gasteiger charge is -2.29. The number of hydrogen-bond acceptors (Lipinski definition) is 2. The second-order valence-electron chi connectivity index (χ2n) is 5.31. The fourth-order valence-corrected chi connectivity index (χ4v) is 4.00. The summed E-state index contributed by atoms with van der Waals surface area (Å²) < 4.78 is 40.8. The van der Waals surface area contributed by atoms with Crippen molar-refractivity contribution in [1.82, 2.24) is 4.72 Å². The molecule has 0 saturated heterocycles. The van der Waals surface area contributed by atoms with Gasteiger partial charge in [-0.3, -0.25) is 0 Å². The van der Waals surface area contributed by atoms with Crippen LogP contribution in [0.25, 0.3) is 0 Å². The molecule has 0 fully saturated rings. The molecule has 0 radical (unpaired) electrons. The Morgan fingerprint density at radius 3 is 2.05 bits per heavy atom. The first-order chi connectivity index (χ1) is 8.47. The van der Waals surface area contributed by atoms with Crippen LogP contribution in [0.15, 0.2) is 17.0 Å². The van der Waals surface area contributed by atoms with E-state index >= 15 is 0 Å². The summed E-state index contributed by atoms with van der Waals surface area (Å²) in [7, 11) is -3.69. The summed E-state index contributed by atoms with van der Waals surface area (Å²) in [6.07, 6.45) is 0. The van der Waals surface area contributed by atoms with Crippen molar-refractivity contribution in [3.8, 4) is 0 Å². The van der Waals surface area contributed by atoms with Gasteiger partial charge in [0.25, 0.3) is 0 Å². The Bertz CT molecular complexity index is 559. The standard InChI is InChI=1S/C13H19BrFNO2S/c1-8-6-11(15)7-9(2)12(8)19(17,18)16-13(4,5)10(3)14/h6-7,10,16H,1-5H3. The molecule has 0 amide bonds. The third kappa shape index (κ3) is 3.77. The van der Waals surface area contributed by atoms with Gasteiger partial charge in [-0.25, -0.2) is 17.5 Å². The first-order valence-electron chi connectivity index (χ1n) is 5.92. The minimum Gasteiger partial charge on any atom is -0.207 e. The van der Waals surface area contributed by atoms with Crippen molar-refractivity contribution < 1.29 is 12.8 Å². The molecule has 0 aliphatic heterocycles. The highest BCUT2D eigenvalue weighted by molar-refractivity contribution is 9.09. The Balaban J connectivity index is 3.30. The van der Waals surface area contributed by atoms with Crippen molar-refractivity contribution in [2.45, 2.75) is 49.9 Å². The zero-order valence-electron chi connectivity index (χ0n) is 11.7. The monoisotopic (exact) mass is 351 g/mol. The van der Waals surface area contributed by atoms with Crippen molar-refractivity contribution >= 4 is 26.0 Å². The summed E-state index contributed by atoms with van der Waals surface area (Å²) in [6, 6.07) is 2.46. The Morgan fingerprint density at radius 1 is 1.26 bits per heavy atom. The normalized spacial score (nSPS) is 14.5. The maximum absolute atomic E-state index is 13.2. The van der Waals surface area contributed by atoms with E-state index in [4.69, 9.17) is 0 Å². The molecule has 1 unspecified atom stereocenters. The van der Waals surface area contributed by atoms with Crippen LogP contribution in [0.2, 0.25) is 0 Å². The van der Waals surface area contributed by atoms with Crippen LogP contribution in [-0.2, 0) is 10.0 Å². The second-order valence-corrected chi connectivity index (χ2v) is 8.30. The van der Waals surface area contributed by atoms with Crippen LogP contribution in [-0.4, -0.2) is 18.8 Å². The van der Waals surface area contributed by atoms with Gasteiger partial charge < -0.3 is 0 Å². The topological polar surface area (TPSA) is 46.2 Å². The number of rotatable bonds is 4. The largest absolute Gasteiger partial charge is 0.241 e. The predicted octanol–water partition coefficient (Wildman–Crippen LogP) is 3.28. The molecule has 3 nitrogen and oxygen atoms in total. The molecule has 1 aromatic rings. The van der Waals surface area contributed by atoms with Crippen molar-refractivity contribution in [2.24, 2.45) is 0 Å². The van der Waals surface area contributed by atoms with Crippen LogP contribution in [0.5, 0.6) is 0 Å². The third-order valence-electron chi connectivity index (χ3n) is 3.09. The zero-order chi connectivity index (χ0) is 15.0. The van der Waals surface area contributed by atoms with Crippen LogP contribution in [0.3, 0.4) is 0 Å². The smallest absolute Gasteiger partial charge is 0.207 e. The highest BCUT2D eigenvalue weighted by Crippen LogP contribution is 2.25. The molecule has 0 bridgehead atoms. The lowest BCUT2D eigenvalue weighted by Crippen LogP contribution is -2.48. The molecule has 0 aliphatic carbocycles. The number of hydrogen-bond donors (Lipinski definition) is 1. The Labute approximate surface area is 122 Å². The maximum atomic E-state index is 13.2. The van der Waals surface area contributed by atoms with Crippen LogP contribution >= 0.6 is 15.9 Å². The van der Waals surface area contributed by atoms with Crippen molar-refractivity contribution in [2.75, 3.05) is 0 Å². The van der Waals surface area contributed by atoms with Gasteiger partial charge in [-0.15, -0.1) is 0 Å². The van der Waals surface area contributed by atoms with E-state index in [1.165, 1.54) is 12.1 Å². The highest BCUT2D eigenvalue weighted by Gasteiger charge is 2.31. The van der Waals surface area contributed by atoms with Gasteiger partial charge in [0.2, 0.25) is 10.0 Å². The molecule has 0 heterocycles. The van der Waals surface area contributed by atoms with E-state index < -0.39 is 21.4 Å². The minimum atomic E-state index is -3.69. The number of benzene rings is 1. The van der Waals surface area contributed by atoms with Crippen LogP contribution in [0.4, 0.5) is 4.39 Å². The summed E-state index contributed by atoms with van der Waals surface area (Å²) >= 11 is 3.38. The number of nitrogens with one attached hydrogen (secondary N) is 1. The molecular weight excluding hydrogens is 333 g/mol. The molecule has 1 aromatic carbocycles. The molecule has 108 valence electrons. The fourth-order valence-electron chi connectivity index (χ4n) is 1.80. The van der Waals surface area contributed by atoms with E-state index in [0.717, 1.165) is 0 Å². The van der Waals surface area contributed by atoms with Crippen LogP contribution in [0.1, 0.15) is 31.9 Å². The molecular formula is C13H19BrFNO2S. The number of aryl methyl sites for hydroxylation is 2. The van der Waals surface area contributed by atoms with Gasteiger partial charge in [-0.1, -0.05) is 22.9 Å². The Hall–Kier alpha value is -0.460. The average Bonchev–Trinajstić information content (AvgIpc) is 2.12. The molecule has 1 N–H and O–H groups in total. The van der Waals surface area contributed by atoms with E-state index in [-0.39, 0.29) is 9.72 Å². The molecule has 0 aromatic heterocycles. The first-order valence-corrected chi connectivity index (χ1v) is 8.32. The van der Waals surface area contributed by atoms with E-state index in [1.807, 2.05) is 6.92 Å². The fraction of sp³-hybridized carbons (Fsp3) is 0.538. The predicted molar refractivity (Wildman–Crippen MR) is 78.7 cm³/mol. The van der Waals surface area contributed by atoms with Crippen LogP contribution in [0, 0.1) is 19.7 Å². The summed E-state index contributed by atoms with van der Waals surface area (Å²) in [6.45, 7) is 8.63. The summed E-state index contributed by atoms with van der Waals surface area (Å²) in [5.41, 5.74) is 0.164. The molecule has 19 heavy (non-hydrogen) atoms. The second kappa shape index (κ2) is 5.50. The van der Waals surface area contributed by atoms with Gasteiger partial charge in [-0.2, -0.15) is 0 Å². The van der Waals surface area contributed by atoms with Gasteiger partial charge in [0.15, 0.2) is 0 Å². The van der Waals surface area contributed by atoms with Gasteiger partial charge >= 0.3 is 0 Å². The maximum Gasteiger partial charge on any atom is 0.241 e. The van der Waals surface area contributed by atoms with Gasteiger partial charge in [-0.05, 0) is 51.0 Å². The third-order valence-corrected chi connectivity index (χ3v) is 6.21.